The van der Waals surface area contributed by atoms with Crippen molar-refractivity contribution in [3.05, 3.63) is 12.2 Å². The van der Waals surface area contributed by atoms with Crippen LogP contribution in [0.3, 0.4) is 0 Å². The summed E-state index contributed by atoms with van der Waals surface area (Å²) in [6.07, 6.45) is 4.71. The van der Waals surface area contributed by atoms with Crippen molar-refractivity contribution in [1.29, 1.82) is 0 Å². The van der Waals surface area contributed by atoms with Gasteiger partial charge in [0.1, 0.15) is 0 Å². The van der Waals surface area contributed by atoms with Gasteiger partial charge in [-0.3, -0.25) is 4.79 Å². The lowest BCUT2D eigenvalue weighted by molar-refractivity contribution is -0.133. The summed E-state index contributed by atoms with van der Waals surface area (Å²) in [6.45, 7) is 6.27. The number of hydrogen-bond acceptors (Lipinski definition) is 2. The van der Waals surface area contributed by atoms with Gasteiger partial charge in [-0.05, 0) is 18.3 Å². The van der Waals surface area contributed by atoms with Crippen LogP contribution in [0.2, 0.25) is 0 Å². The van der Waals surface area contributed by atoms with E-state index in [9.17, 15) is 4.79 Å². The van der Waals surface area contributed by atoms with Crippen LogP contribution in [0.4, 0.5) is 0 Å². The molecule has 0 aromatic carbocycles. The first kappa shape index (κ1) is 10.7. The minimum atomic E-state index is 0.0394. The normalized spacial score (nSPS) is 40.1. The molecule has 1 heterocycles. The van der Waals surface area contributed by atoms with Gasteiger partial charge in [-0.1, -0.05) is 26.0 Å². The van der Waals surface area contributed by atoms with Crippen LogP contribution in [0, 0.1) is 17.8 Å². The zero-order valence-corrected chi connectivity index (χ0v) is 9.52. The number of carbonyl (C=O) groups is 1. The highest BCUT2D eigenvalue weighted by Gasteiger charge is 2.33. The number of nitrogens with zero attached hydrogens (tertiary/aromatic N) is 1. The van der Waals surface area contributed by atoms with Gasteiger partial charge in [0.2, 0.25) is 5.91 Å². The zero-order chi connectivity index (χ0) is 11.0. The van der Waals surface area contributed by atoms with E-state index in [1.165, 1.54) is 0 Å². The number of amides is 1. The maximum atomic E-state index is 12.1. The molecule has 1 aliphatic heterocycles. The van der Waals surface area contributed by atoms with Gasteiger partial charge in [0.15, 0.2) is 0 Å². The average molecular weight is 208 g/mol. The van der Waals surface area contributed by atoms with E-state index >= 15 is 0 Å². The molecule has 2 rings (SSSR count). The molecule has 0 bridgehead atoms. The van der Waals surface area contributed by atoms with E-state index in [1.807, 2.05) is 17.1 Å². The molecule has 3 nitrogen and oxygen atoms in total. The molecule has 4 atom stereocenters. The highest BCUT2D eigenvalue weighted by atomic mass is 16.2. The number of hydrogen-bond donors (Lipinski definition) is 1. The monoisotopic (exact) mass is 208 g/mol. The molecule has 0 aromatic rings. The number of rotatable bonds is 1. The molecule has 1 saturated heterocycles. The van der Waals surface area contributed by atoms with Crippen LogP contribution in [0.5, 0.6) is 0 Å². The lowest BCUT2D eigenvalue weighted by atomic mass is 10.0. The summed E-state index contributed by atoms with van der Waals surface area (Å²) in [6, 6.07) is 0.0800. The molecule has 1 amide bonds. The molecular weight excluding hydrogens is 188 g/mol. The summed E-state index contributed by atoms with van der Waals surface area (Å²) in [7, 11) is 0. The highest BCUT2D eigenvalue weighted by molar-refractivity contribution is 5.81. The lowest BCUT2D eigenvalue weighted by Crippen LogP contribution is -2.34. The van der Waals surface area contributed by atoms with Crippen LogP contribution >= 0.6 is 0 Å². The second-order valence-corrected chi connectivity index (χ2v) is 5.09. The Bertz CT molecular complexity index is 277. The second kappa shape index (κ2) is 3.97. The number of likely N-dealkylation sites (tertiary alicyclic amines) is 1. The van der Waals surface area contributed by atoms with Crippen molar-refractivity contribution in [3.63, 3.8) is 0 Å². The minimum Gasteiger partial charge on any atom is -0.342 e. The molecule has 15 heavy (non-hydrogen) atoms. The zero-order valence-electron chi connectivity index (χ0n) is 9.52. The Hall–Kier alpha value is -0.830. The maximum Gasteiger partial charge on any atom is 0.229 e. The van der Waals surface area contributed by atoms with Crippen LogP contribution < -0.4 is 5.73 Å². The molecule has 4 unspecified atom stereocenters. The molecule has 84 valence electrons. The van der Waals surface area contributed by atoms with E-state index in [-0.39, 0.29) is 17.9 Å². The third-order valence-electron chi connectivity index (χ3n) is 3.73. The lowest BCUT2D eigenvalue weighted by Gasteiger charge is -2.19. The summed E-state index contributed by atoms with van der Waals surface area (Å²) < 4.78 is 0. The molecule has 0 radical (unpaired) electrons. The van der Waals surface area contributed by atoms with Gasteiger partial charge in [0, 0.05) is 19.1 Å². The summed E-state index contributed by atoms with van der Waals surface area (Å²) in [5, 5.41) is 0. The second-order valence-electron chi connectivity index (χ2n) is 5.09. The van der Waals surface area contributed by atoms with Gasteiger partial charge >= 0.3 is 0 Å². The summed E-state index contributed by atoms with van der Waals surface area (Å²) in [5.74, 6) is 1.58. The van der Waals surface area contributed by atoms with E-state index < -0.39 is 0 Å². The van der Waals surface area contributed by atoms with E-state index in [1.54, 1.807) is 0 Å². The van der Waals surface area contributed by atoms with Crippen molar-refractivity contribution < 1.29 is 4.79 Å². The third-order valence-corrected chi connectivity index (χ3v) is 3.73. The van der Waals surface area contributed by atoms with Gasteiger partial charge in [-0.25, -0.2) is 0 Å². The third kappa shape index (κ3) is 2.07. The molecule has 2 aliphatic rings. The maximum absolute atomic E-state index is 12.1. The molecule has 1 fully saturated rings. The van der Waals surface area contributed by atoms with Gasteiger partial charge in [0.05, 0.1) is 5.92 Å². The first-order valence-electron chi connectivity index (χ1n) is 5.80. The SMILES string of the molecule is CC1CN(C(=O)C2C=CC(N)C2)CC1C. The minimum absolute atomic E-state index is 0.0394. The van der Waals surface area contributed by atoms with Crippen LogP contribution in [-0.2, 0) is 4.79 Å². The Kier molecular flexibility index (Phi) is 2.83. The molecule has 0 saturated carbocycles. The number of carbonyl (C=O) groups excluding carboxylic acids is 1. The Labute approximate surface area is 91.3 Å². The molecule has 2 N–H and O–H groups in total. The Morgan fingerprint density at radius 2 is 1.87 bits per heavy atom. The van der Waals surface area contributed by atoms with Crippen LogP contribution in [0.15, 0.2) is 12.2 Å². The fourth-order valence-electron chi connectivity index (χ4n) is 2.45. The molecular formula is C12H20N2O. The van der Waals surface area contributed by atoms with Crippen LogP contribution in [-0.4, -0.2) is 29.9 Å². The number of nitrogens with two attached hydrogens (primary N) is 1. The predicted octanol–water partition coefficient (Wildman–Crippen LogP) is 1.00. The smallest absolute Gasteiger partial charge is 0.229 e. The molecule has 3 heteroatoms. The molecule has 1 aliphatic carbocycles. The van der Waals surface area contributed by atoms with E-state index in [0.29, 0.717) is 11.8 Å². The molecule has 0 aromatic heterocycles. The first-order chi connectivity index (χ1) is 7.08. The summed E-state index contributed by atoms with van der Waals surface area (Å²) >= 11 is 0. The van der Waals surface area contributed by atoms with Crippen LogP contribution in [0.25, 0.3) is 0 Å². The fourth-order valence-corrected chi connectivity index (χ4v) is 2.45. The van der Waals surface area contributed by atoms with Gasteiger partial charge in [-0.15, -0.1) is 0 Å². The van der Waals surface area contributed by atoms with E-state index in [0.717, 1.165) is 19.5 Å². The van der Waals surface area contributed by atoms with Crippen LogP contribution in [0.1, 0.15) is 20.3 Å². The van der Waals surface area contributed by atoms with E-state index in [2.05, 4.69) is 13.8 Å². The first-order valence-corrected chi connectivity index (χ1v) is 5.80. The summed E-state index contributed by atoms with van der Waals surface area (Å²) in [4.78, 5) is 14.1. The summed E-state index contributed by atoms with van der Waals surface area (Å²) in [5.41, 5.74) is 5.76. The molecule has 0 spiro atoms. The fraction of sp³-hybridized carbons (Fsp3) is 0.750. The van der Waals surface area contributed by atoms with Gasteiger partial charge < -0.3 is 10.6 Å². The van der Waals surface area contributed by atoms with Crippen molar-refractivity contribution in [2.45, 2.75) is 26.3 Å². The van der Waals surface area contributed by atoms with Gasteiger partial charge in [-0.2, -0.15) is 0 Å². The highest BCUT2D eigenvalue weighted by Crippen LogP contribution is 2.26. The predicted molar refractivity (Wildman–Crippen MR) is 60.1 cm³/mol. The Morgan fingerprint density at radius 1 is 1.27 bits per heavy atom. The standard InChI is InChI=1S/C12H20N2O/c1-8-6-14(7-9(8)2)12(15)10-3-4-11(13)5-10/h3-4,8-11H,5-7,13H2,1-2H3. The van der Waals surface area contributed by atoms with Crippen molar-refractivity contribution in [3.8, 4) is 0 Å². The van der Waals surface area contributed by atoms with Crippen molar-refractivity contribution in [2.75, 3.05) is 13.1 Å². The Balaban J connectivity index is 1.95. The quantitative estimate of drug-likeness (QED) is 0.654. The largest absolute Gasteiger partial charge is 0.342 e. The van der Waals surface area contributed by atoms with Gasteiger partial charge in [0.25, 0.3) is 0 Å². The van der Waals surface area contributed by atoms with Crippen molar-refractivity contribution in [1.82, 2.24) is 4.90 Å². The topological polar surface area (TPSA) is 46.3 Å². The van der Waals surface area contributed by atoms with E-state index in [4.69, 9.17) is 5.73 Å². The van der Waals surface area contributed by atoms with Crippen molar-refractivity contribution in [2.24, 2.45) is 23.5 Å². The Morgan fingerprint density at radius 3 is 2.33 bits per heavy atom. The van der Waals surface area contributed by atoms with Crippen molar-refractivity contribution >= 4 is 5.91 Å². The average Bonchev–Trinajstić information content (AvgIpc) is 2.74.